The van der Waals surface area contributed by atoms with Crippen LogP contribution in [0.5, 0.6) is 0 Å². The van der Waals surface area contributed by atoms with Gasteiger partial charge in [-0.2, -0.15) is 0 Å². The summed E-state index contributed by atoms with van der Waals surface area (Å²) in [6, 6.07) is 3.29. The van der Waals surface area contributed by atoms with E-state index in [1.54, 1.807) is 6.07 Å². The highest BCUT2D eigenvalue weighted by Crippen LogP contribution is 2.28. The van der Waals surface area contributed by atoms with Crippen LogP contribution in [0.4, 0.5) is 4.39 Å². The van der Waals surface area contributed by atoms with Crippen molar-refractivity contribution < 1.29 is 9.18 Å². The number of hydrogen-bond acceptors (Lipinski definition) is 1. The Labute approximate surface area is 129 Å². The molecule has 0 aromatic heterocycles. The zero-order valence-corrected chi connectivity index (χ0v) is 14.3. The summed E-state index contributed by atoms with van der Waals surface area (Å²) >= 11 is 0. The van der Waals surface area contributed by atoms with Crippen LogP contribution in [0.25, 0.3) is 0 Å². The zero-order valence-electron chi connectivity index (χ0n) is 14.3. The molecule has 0 amide bonds. The molecule has 0 unspecified atom stereocenters. The zero-order chi connectivity index (χ0) is 16.3. The first kappa shape index (κ1) is 17.9. The molecule has 21 heavy (non-hydrogen) atoms. The SMILES string of the molecule is CC(C)(C)CCc1ccc(F)c(CCC(C)(C)C)c1C=O. The predicted molar refractivity (Wildman–Crippen MR) is 87.3 cm³/mol. The number of carbonyl (C=O) groups is 1. The molecule has 0 saturated carbocycles. The van der Waals surface area contributed by atoms with Crippen molar-refractivity contribution in [1.29, 1.82) is 0 Å². The first-order valence-electron chi connectivity index (χ1n) is 7.79. The third-order valence-corrected chi connectivity index (χ3v) is 3.78. The van der Waals surface area contributed by atoms with E-state index in [9.17, 15) is 9.18 Å². The standard InChI is InChI=1S/C19H29FO/c1-18(2,3)11-9-14-7-8-17(20)15(16(14)13-21)10-12-19(4,5)6/h7-8,13H,9-12H2,1-6H3. The molecule has 0 radical (unpaired) electrons. The number of benzene rings is 1. The molecule has 1 nitrogen and oxygen atoms in total. The molecule has 0 spiro atoms. The third kappa shape index (κ3) is 5.99. The van der Waals surface area contributed by atoms with Crippen LogP contribution in [-0.4, -0.2) is 6.29 Å². The Hall–Kier alpha value is -1.18. The van der Waals surface area contributed by atoms with E-state index in [0.717, 1.165) is 31.1 Å². The molecule has 0 heterocycles. The number of aldehydes is 1. The van der Waals surface area contributed by atoms with Crippen LogP contribution in [0.3, 0.4) is 0 Å². The molecule has 0 atom stereocenters. The molecular formula is C19H29FO. The molecule has 2 heteroatoms. The van der Waals surface area contributed by atoms with E-state index in [2.05, 4.69) is 41.5 Å². The number of halogens is 1. The third-order valence-electron chi connectivity index (χ3n) is 3.78. The van der Waals surface area contributed by atoms with Crippen LogP contribution in [0, 0.1) is 16.6 Å². The van der Waals surface area contributed by atoms with Crippen LogP contribution in [0.15, 0.2) is 12.1 Å². The van der Waals surface area contributed by atoms with Gasteiger partial charge in [-0.05, 0) is 53.7 Å². The Balaban J connectivity index is 3.04. The lowest BCUT2D eigenvalue weighted by Gasteiger charge is -2.21. The minimum Gasteiger partial charge on any atom is -0.298 e. The van der Waals surface area contributed by atoms with Crippen molar-refractivity contribution in [3.05, 3.63) is 34.6 Å². The average molecular weight is 292 g/mol. The first-order valence-corrected chi connectivity index (χ1v) is 7.79. The summed E-state index contributed by atoms with van der Waals surface area (Å²) in [5.74, 6) is -0.249. The van der Waals surface area contributed by atoms with Gasteiger partial charge in [-0.15, -0.1) is 0 Å². The summed E-state index contributed by atoms with van der Waals surface area (Å²) in [5.41, 5.74) is 2.48. The Bertz CT molecular complexity index is 490. The Morgan fingerprint density at radius 1 is 0.952 bits per heavy atom. The lowest BCUT2D eigenvalue weighted by Crippen LogP contribution is -2.11. The monoisotopic (exact) mass is 292 g/mol. The van der Waals surface area contributed by atoms with Crippen molar-refractivity contribution in [2.45, 2.75) is 67.2 Å². The van der Waals surface area contributed by atoms with Crippen molar-refractivity contribution in [1.82, 2.24) is 0 Å². The summed E-state index contributed by atoms with van der Waals surface area (Å²) in [6.07, 6.45) is 4.12. The van der Waals surface area contributed by atoms with Gasteiger partial charge in [0.25, 0.3) is 0 Å². The van der Waals surface area contributed by atoms with Crippen molar-refractivity contribution in [3.63, 3.8) is 0 Å². The number of carbonyl (C=O) groups excluding carboxylic acids is 1. The molecule has 0 saturated heterocycles. The van der Waals surface area contributed by atoms with Gasteiger partial charge in [0.2, 0.25) is 0 Å². The minimum atomic E-state index is -0.249. The molecule has 0 aliphatic rings. The molecule has 1 rings (SSSR count). The van der Waals surface area contributed by atoms with Gasteiger partial charge in [-0.3, -0.25) is 4.79 Å². The van der Waals surface area contributed by atoms with Gasteiger partial charge in [-0.1, -0.05) is 47.6 Å². The highest BCUT2D eigenvalue weighted by Gasteiger charge is 2.18. The average Bonchev–Trinajstić information content (AvgIpc) is 2.33. The van der Waals surface area contributed by atoms with Gasteiger partial charge >= 0.3 is 0 Å². The van der Waals surface area contributed by atoms with E-state index in [0.29, 0.717) is 17.5 Å². The largest absolute Gasteiger partial charge is 0.298 e. The normalized spacial score (nSPS) is 12.5. The maximum absolute atomic E-state index is 14.1. The summed E-state index contributed by atoms with van der Waals surface area (Å²) in [4.78, 5) is 11.5. The molecule has 0 N–H and O–H groups in total. The second kappa shape index (κ2) is 6.72. The number of aryl methyl sites for hydroxylation is 1. The molecule has 0 fully saturated rings. The molecule has 0 aliphatic heterocycles. The van der Waals surface area contributed by atoms with E-state index < -0.39 is 0 Å². The van der Waals surface area contributed by atoms with E-state index >= 15 is 0 Å². The minimum absolute atomic E-state index is 0.133. The summed E-state index contributed by atoms with van der Waals surface area (Å²) in [6.45, 7) is 12.9. The van der Waals surface area contributed by atoms with Crippen LogP contribution in [-0.2, 0) is 12.8 Å². The lowest BCUT2D eigenvalue weighted by molar-refractivity contribution is 0.112. The summed E-state index contributed by atoms with van der Waals surface area (Å²) in [5, 5.41) is 0. The molecular weight excluding hydrogens is 263 g/mol. The van der Waals surface area contributed by atoms with Gasteiger partial charge in [0.1, 0.15) is 5.82 Å². The van der Waals surface area contributed by atoms with Crippen LogP contribution in [0.1, 0.15) is 75.9 Å². The topological polar surface area (TPSA) is 17.1 Å². The fourth-order valence-corrected chi connectivity index (χ4v) is 2.32. The highest BCUT2D eigenvalue weighted by atomic mass is 19.1. The summed E-state index contributed by atoms with van der Waals surface area (Å²) in [7, 11) is 0. The lowest BCUT2D eigenvalue weighted by atomic mass is 9.84. The molecule has 118 valence electrons. The van der Waals surface area contributed by atoms with Gasteiger partial charge in [0.15, 0.2) is 6.29 Å². The molecule has 0 bridgehead atoms. The van der Waals surface area contributed by atoms with Crippen molar-refractivity contribution in [2.75, 3.05) is 0 Å². The number of hydrogen-bond donors (Lipinski definition) is 0. The second-order valence-electron chi connectivity index (χ2n) is 8.34. The Morgan fingerprint density at radius 3 is 1.95 bits per heavy atom. The van der Waals surface area contributed by atoms with Gasteiger partial charge in [0, 0.05) is 5.56 Å². The van der Waals surface area contributed by atoms with Crippen molar-refractivity contribution in [2.24, 2.45) is 10.8 Å². The first-order chi connectivity index (χ1) is 9.53. The van der Waals surface area contributed by atoms with E-state index in [-0.39, 0.29) is 16.6 Å². The molecule has 0 aliphatic carbocycles. The maximum atomic E-state index is 14.1. The van der Waals surface area contributed by atoms with Gasteiger partial charge < -0.3 is 0 Å². The molecule has 1 aromatic carbocycles. The fourth-order valence-electron chi connectivity index (χ4n) is 2.32. The Kier molecular flexibility index (Phi) is 5.72. The Morgan fingerprint density at radius 2 is 1.48 bits per heavy atom. The maximum Gasteiger partial charge on any atom is 0.150 e. The quantitative estimate of drug-likeness (QED) is 0.646. The second-order valence-corrected chi connectivity index (χ2v) is 8.34. The van der Waals surface area contributed by atoms with Crippen molar-refractivity contribution in [3.8, 4) is 0 Å². The van der Waals surface area contributed by atoms with E-state index in [4.69, 9.17) is 0 Å². The predicted octanol–water partition coefficient (Wildman–Crippen LogP) is 5.60. The molecule has 1 aromatic rings. The number of rotatable bonds is 5. The summed E-state index contributed by atoms with van der Waals surface area (Å²) < 4.78 is 14.1. The smallest absolute Gasteiger partial charge is 0.150 e. The van der Waals surface area contributed by atoms with Gasteiger partial charge in [-0.25, -0.2) is 4.39 Å². The van der Waals surface area contributed by atoms with E-state index in [1.165, 1.54) is 6.07 Å². The van der Waals surface area contributed by atoms with Crippen LogP contribution in [0.2, 0.25) is 0 Å². The van der Waals surface area contributed by atoms with Crippen LogP contribution >= 0.6 is 0 Å². The van der Waals surface area contributed by atoms with E-state index in [1.807, 2.05) is 0 Å². The fraction of sp³-hybridized carbons (Fsp3) is 0.632. The highest BCUT2D eigenvalue weighted by molar-refractivity contribution is 5.80. The van der Waals surface area contributed by atoms with Crippen molar-refractivity contribution >= 4 is 6.29 Å². The van der Waals surface area contributed by atoms with Crippen LogP contribution < -0.4 is 0 Å². The van der Waals surface area contributed by atoms with Gasteiger partial charge in [0.05, 0.1) is 0 Å².